The second-order valence-electron chi connectivity index (χ2n) is 4.75. The predicted octanol–water partition coefficient (Wildman–Crippen LogP) is 2.52. The first-order chi connectivity index (χ1) is 9.99. The molecule has 1 aliphatic heterocycles. The van der Waals surface area contributed by atoms with Crippen molar-refractivity contribution in [3.63, 3.8) is 0 Å². The van der Waals surface area contributed by atoms with E-state index in [-0.39, 0.29) is 5.69 Å². The minimum absolute atomic E-state index is 0.0298. The molecule has 110 valence electrons. The van der Waals surface area contributed by atoms with Crippen LogP contribution in [0.2, 0.25) is 5.02 Å². The van der Waals surface area contributed by atoms with Crippen molar-refractivity contribution in [2.75, 3.05) is 13.2 Å². The molecule has 3 rings (SSSR count). The summed E-state index contributed by atoms with van der Waals surface area (Å²) in [4.78, 5) is 11.0. The van der Waals surface area contributed by atoms with Gasteiger partial charge in [0.25, 0.3) is 0 Å². The van der Waals surface area contributed by atoms with Crippen molar-refractivity contribution in [1.82, 2.24) is 9.78 Å². The third-order valence-electron chi connectivity index (χ3n) is 3.33. The topological polar surface area (TPSA) is 73.6 Å². The van der Waals surface area contributed by atoms with E-state index < -0.39 is 5.97 Å². The first-order valence-electron chi connectivity index (χ1n) is 6.35. The van der Waals surface area contributed by atoms with Gasteiger partial charge in [0, 0.05) is 12.6 Å². The Morgan fingerprint density at radius 1 is 1.38 bits per heavy atom. The van der Waals surface area contributed by atoms with Crippen molar-refractivity contribution >= 4 is 17.6 Å². The molecule has 1 N–H and O–H groups in total. The van der Waals surface area contributed by atoms with Gasteiger partial charge in [-0.3, -0.25) is 4.68 Å². The number of carbonyl (C=O) groups is 1. The number of hydrogen-bond donors (Lipinski definition) is 1. The summed E-state index contributed by atoms with van der Waals surface area (Å²) in [5.74, 6) is 0.0119. The second-order valence-corrected chi connectivity index (χ2v) is 5.13. The Balaban J connectivity index is 2.21. The van der Waals surface area contributed by atoms with Crippen molar-refractivity contribution in [1.29, 1.82) is 0 Å². The number of benzene rings is 1. The van der Waals surface area contributed by atoms with Gasteiger partial charge in [0.15, 0.2) is 17.2 Å². The summed E-state index contributed by atoms with van der Waals surface area (Å²) in [6.45, 7) is 2.80. The molecule has 1 aromatic heterocycles. The normalized spacial score (nSPS) is 13.3. The van der Waals surface area contributed by atoms with E-state index in [9.17, 15) is 4.79 Å². The fraction of sp³-hybridized carbons (Fsp3) is 0.286. The van der Waals surface area contributed by atoms with Crippen LogP contribution in [0, 0.1) is 6.92 Å². The number of aromatic carboxylic acids is 1. The number of halogens is 1. The lowest BCUT2D eigenvalue weighted by Crippen LogP contribution is -2.16. The quantitative estimate of drug-likeness (QED) is 0.923. The van der Waals surface area contributed by atoms with Gasteiger partial charge in [-0.2, -0.15) is 5.10 Å². The zero-order chi connectivity index (χ0) is 15.1. The molecule has 7 heteroatoms. The summed E-state index contributed by atoms with van der Waals surface area (Å²) >= 11 is 6.43. The number of hydrogen-bond acceptors (Lipinski definition) is 4. The molecule has 0 atom stereocenters. The monoisotopic (exact) mass is 308 g/mol. The van der Waals surface area contributed by atoms with Crippen LogP contribution in [0.1, 0.15) is 16.1 Å². The molecule has 0 saturated heterocycles. The zero-order valence-electron chi connectivity index (χ0n) is 11.5. The molecule has 0 saturated carbocycles. The van der Waals surface area contributed by atoms with Crippen LogP contribution in [0.4, 0.5) is 0 Å². The molecule has 21 heavy (non-hydrogen) atoms. The Bertz CT molecular complexity index is 739. The van der Waals surface area contributed by atoms with Gasteiger partial charge >= 0.3 is 5.97 Å². The van der Waals surface area contributed by atoms with Gasteiger partial charge in [-0.1, -0.05) is 11.6 Å². The van der Waals surface area contributed by atoms with E-state index in [1.54, 1.807) is 7.05 Å². The van der Waals surface area contributed by atoms with E-state index in [4.69, 9.17) is 26.2 Å². The molecular formula is C14H13ClN2O4. The Morgan fingerprint density at radius 2 is 2.10 bits per heavy atom. The van der Waals surface area contributed by atoms with Gasteiger partial charge in [-0.25, -0.2) is 4.79 Å². The largest absolute Gasteiger partial charge is 0.486 e. The molecule has 0 fully saturated rings. The number of carboxylic acids is 1. The van der Waals surface area contributed by atoms with Crippen LogP contribution in [0.3, 0.4) is 0 Å². The van der Waals surface area contributed by atoms with Crippen LogP contribution in [0.25, 0.3) is 11.3 Å². The summed E-state index contributed by atoms with van der Waals surface area (Å²) in [6.07, 6.45) is 0. The van der Waals surface area contributed by atoms with Crippen LogP contribution in [-0.4, -0.2) is 34.1 Å². The second kappa shape index (κ2) is 4.96. The molecule has 6 nitrogen and oxygen atoms in total. The molecule has 0 radical (unpaired) electrons. The summed E-state index contributed by atoms with van der Waals surface area (Å²) in [5.41, 5.74) is 2.15. The third-order valence-corrected chi connectivity index (χ3v) is 3.69. The first-order valence-corrected chi connectivity index (χ1v) is 6.73. The molecule has 2 heterocycles. The molecular weight excluding hydrogens is 296 g/mol. The lowest BCUT2D eigenvalue weighted by molar-refractivity contribution is 0.0689. The average Bonchev–Trinajstić information content (AvgIpc) is 2.81. The molecule has 0 bridgehead atoms. The highest BCUT2D eigenvalue weighted by Gasteiger charge is 2.24. The predicted molar refractivity (Wildman–Crippen MR) is 76.3 cm³/mol. The zero-order valence-corrected chi connectivity index (χ0v) is 12.3. The van der Waals surface area contributed by atoms with E-state index in [1.165, 1.54) is 10.7 Å². The molecule has 0 unspecified atom stereocenters. The van der Waals surface area contributed by atoms with Crippen LogP contribution in [0.15, 0.2) is 12.1 Å². The number of ether oxygens (including phenoxy) is 2. The van der Waals surface area contributed by atoms with Crippen LogP contribution in [0.5, 0.6) is 11.5 Å². The van der Waals surface area contributed by atoms with E-state index in [2.05, 4.69) is 5.10 Å². The lowest BCUT2D eigenvalue weighted by atomic mass is 10.0. The van der Waals surface area contributed by atoms with Crippen LogP contribution >= 0.6 is 11.6 Å². The van der Waals surface area contributed by atoms with Crippen molar-refractivity contribution in [3.05, 3.63) is 28.4 Å². The lowest BCUT2D eigenvalue weighted by Gasteiger charge is -2.22. The number of carboxylic acid groups (broad SMARTS) is 1. The van der Waals surface area contributed by atoms with Gasteiger partial charge < -0.3 is 14.6 Å². The highest BCUT2D eigenvalue weighted by atomic mass is 35.5. The minimum Gasteiger partial charge on any atom is -0.486 e. The van der Waals surface area contributed by atoms with E-state index in [0.29, 0.717) is 41.0 Å². The Labute approximate surface area is 125 Å². The third kappa shape index (κ3) is 2.21. The standard InChI is InChI=1S/C14H13ClN2O4/c1-7-5-10-13(21-4-3-20-10)12(15)11(7)9-6-8(14(18)19)16-17(9)2/h5-6H,3-4H2,1-2H3,(H,18,19). The molecule has 0 aliphatic carbocycles. The maximum atomic E-state index is 11.0. The van der Waals surface area contributed by atoms with Crippen LogP contribution < -0.4 is 9.47 Å². The Morgan fingerprint density at radius 3 is 2.76 bits per heavy atom. The maximum absolute atomic E-state index is 11.0. The summed E-state index contributed by atoms with van der Waals surface area (Å²) in [5, 5.41) is 13.4. The van der Waals surface area contributed by atoms with E-state index >= 15 is 0 Å². The molecule has 0 amide bonds. The first kappa shape index (κ1) is 13.8. The summed E-state index contributed by atoms with van der Waals surface area (Å²) < 4.78 is 12.6. The smallest absolute Gasteiger partial charge is 0.356 e. The van der Waals surface area contributed by atoms with Crippen LogP contribution in [-0.2, 0) is 7.05 Å². The average molecular weight is 309 g/mol. The number of aryl methyl sites for hydroxylation is 2. The molecule has 1 aromatic carbocycles. The number of nitrogens with zero attached hydrogens (tertiary/aromatic N) is 2. The SMILES string of the molecule is Cc1cc2c(c(Cl)c1-c1cc(C(=O)O)nn1C)OCCO2. The highest BCUT2D eigenvalue weighted by Crippen LogP contribution is 2.45. The fourth-order valence-electron chi connectivity index (χ4n) is 2.39. The van der Waals surface area contributed by atoms with Gasteiger partial charge in [-0.15, -0.1) is 0 Å². The number of rotatable bonds is 2. The molecule has 2 aromatic rings. The summed E-state index contributed by atoms with van der Waals surface area (Å²) in [7, 11) is 1.67. The van der Waals surface area contributed by atoms with Crippen molar-refractivity contribution in [3.8, 4) is 22.8 Å². The van der Waals surface area contributed by atoms with Gasteiger partial charge in [0.1, 0.15) is 13.2 Å². The van der Waals surface area contributed by atoms with E-state index in [0.717, 1.165) is 5.56 Å². The minimum atomic E-state index is -1.08. The van der Waals surface area contributed by atoms with Gasteiger partial charge in [0.05, 0.1) is 10.7 Å². The van der Waals surface area contributed by atoms with Gasteiger partial charge in [0.2, 0.25) is 0 Å². The Hall–Kier alpha value is -2.21. The van der Waals surface area contributed by atoms with E-state index in [1.807, 2.05) is 13.0 Å². The Kier molecular flexibility index (Phi) is 3.25. The highest BCUT2D eigenvalue weighted by molar-refractivity contribution is 6.35. The van der Waals surface area contributed by atoms with Crippen molar-refractivity contribution < 1.29 is 19.4 Å². The van der Waals surface area contributed by atoms with Crippen molar-refractivity contribution in [2.24, 2.45) is 7.05 Å². The number of aromatic nitrogens is 2. The maximum Gasteiger partial charge on any atom is 0.356 e. The summed E-state index contributed by atoms with van der Waals surface area (Å²) in [6, 6.07) is 3.33. The van der Waals surface area contributed by atoms with Gasteiger partial charge in [-0.05, 0) is 24.6 Å². The van der Waals surface area contributed by atoms with Crippen molar-refractivity contribution in [2.45, 2.75) is 6.92 Å². The molecule has 1 aliphatic rings. The molecule has 0 spiro atoms. The fourth-order valence-corrected chi connectivity index (χ4v) is 2.78. The number of fused-ring (bicyclic) bond motifs is 1.